The molecular weight excluding hydrogens is 380 g/mol. The molecule has 8 heteroatoms. The molecule has 0 aliphatic rings. The van der Waals surface area contributed by atoms with E-state index < -0.39 is 5.97 Å². The Hall–Kier alpha value is -3.45. The standard InChI is InChI=1S/C20H17ClN4O3/c1-28-19(27)13-6-8-15(9-7-13)24-20-22-11-10-17(25-20)18(26)23-12-14-4-2-3-5-16(14)21/h2-11H,12H2,1H3,(H,23,26)(H,22,24,25). The van der Waals surface area contributed by atoms with Crippen LogP contribution in [0.4, 0.5) is 11.6 Å². The van der Waals surface area contributed by atoms with Gasteiger partial charge in [0.05, 0.1) is 12.7 Å². The van der Waals surface area contributed by atoms with Gasteiger partial charge in [-0.3, -0.25) is 4.79 Å². The first-order chi connectivity index (χ1) is 13.6. The molecule has 0 aliphatic heterocycles. The number of anilines is 2. The van der Waals surface area contributed by atoms with E-state index in [-0.39, 0.29) is 17.5 Å². The summed E-state index contributed by atoms with van der Waals surface area (Å²) in [7, 11) is 1.32. The van der Waals surface area contributed by atoms with E-state index in [9.17, 15) is 9.59 Å². The highest BCUT2D eigenvalue weighted by Crippen LogP contribution is 2.16. The molecule has 2 aromatic carbocycles. The molecule has 7 nitrogen and oxygen atoms in total. The van der Waals surface area contributed by atoms with Gasteiger partial charge in [-0.1, -0.05) is 29.8 Å². The number of hydrogen-bond donors (Lipinski definition) is 2. The smallest absolute Gasteiger partial charge is 0.337 e. The lowest BCUT2D eigenvalue weighted by Crippen LogP contribution is -2.24. The predicted octanol–water partition coefficient (Wildman–Crippen LogP) is 3.59. The first-order valence-electron chi connectivity index (χ1n) is 8.37. The van der Waals surface area contributed by atoms with Crippen LogP contribution in [0.2, 0.25) is 5.02 Å². The van der Waals surface area contributed by atoms with Crippen LogP contribution in [0.5, 0.6) is 0 Å². The fourth-order valence-corrected chi connectivity index (χ4v) is 2.59. The van der Waals surface area contributed by atoms with E-state index in [0.29, 0.717) is 22.8 Å². The SMILES string of the molecule is COC(=O)c1ccc(Nc2nccc(C(=O)NCc3ccccc3Cl)n2)cc1. The number of rotatable bonds is 6. The van der Waals surface area contributed by atoms with Crippen LogP contribution in [0.25, 0.3) is 0 Å². The Labute approximate surface area is 166 Å². The fraction of sp³-hybridized carbons (Fsp3) is 0.100. The lowest BCUT2D eigenvalue weighted by molar-refractivity contribution is 0.0600. The number of carbonyl (C=O) groups is 2. The van der Waals surface area contributed by atoms with Crippen molar-refractivity contribution < 1.29 is 14.3 Å². The van der Waals surface area contributed by atoms with Crippen LogP contribution in [0.3, 0.4) is 0 Å². The zero-order chi connectivity index (χ0) is 19.9. The maximum atomic E-state index is 12.4. The number of halogens is 1. The minimum absolute atomic E-state index is 0.218. The average Bonchev–Trinajstić information content (AvgIpc) is 2.73. The second-order valence-electron chi connectivity index (χ2n) is 5.73. The molecule has 0 spiro atoms. The lowest BCUT2D eigenvalue weighted by atomic mass is 10.2. The number of benzene rings is 2. The van der Waals surface area contributed by atoms with E-state index in [0.717, 1.165) is 5.56 Å². The molecular formula is C20H17ClN4O3. The monoisotopic (exact) mass is 396 g/mol. The molecule has 0 unspecified atom stereocenters. The first-order valence-corrected chi connectivity index (χ1v) is 8.74. The Bertz CT molecular complexity index is 993. The predicted molar refractivity (Wildman–Crippen MR) is 106 cm³/mol. The maximum Gasteiger partial charge on any atom is 0.337 e. The van der Waals surface area contributed by atoms with Crippen LogP contribution < -0.4 is 10.6 Å². The number of aromatic nitrogens is 2. The van der Waals surface area contributed by atoms with Gasteiger partial charge in [0.1, 0.15) is 5.69 Å². The van der Waals surface area contributed by atoms with Crippen molar-refractivity contribution in [3.8, 4) is 0 Å². The molecule has 0 fully saturated rings. The van der Waals surface area contributed by atoms with Gasteiger partial charge in [0.25, 0.3) is 5.91 Å². The van der Waals surface area contributed by atoms with Gasteiger partial charge in [0, 0.05) is 23.5 Å². The van der Waals surface area contributed by atoms with Crippen molar-refractivity contribution in [1.82, 2.24) is 15.3 Å². The second kappa shape index (κ2) is 8.96. The summed E-state index contributed by atoms with van der Waals surface area (Å²) in [6.45, 7) is 0.292. The Morgan fingerprint density at radius 1 is 1.07 bits per heavy atom. The third-order valence-electron chi connectivity index (χ3n) is 3.85. The number of nitrogens with one attached hydrogen (secondary N) is 2. The van der Waals surface area contributed by atoms with Gasteiger partial charge in [0.2, 0.25) is 5.95 Å². The summed E-state index contributed by atoms with van der Waals surface area (Å²) in [5.74, 6) is -0.498. The highest BCUT2D eigenvalue weighted by molar-refractivity contribution is 6.31. The quantitative estimate of drug-likeness (QED) is 0.618. The summed E-state index contributed by atoms with van der Waals surface area (Å²) in [6.07, 6.45) is 1.49. The van der Waals surface area contributed by atoms with Crippen LogP contribution in [-0.4, -0.2) is 29.0 Å². The highest BCUT2D eigenvalue weighted by Gasteiger charge is 2.10. The first kappa shape index (κ1) is 19.3. The molecule has 2 N–H and O–H groups in total. The van der Waals surface area contributed by atoms with Gasteiger partial charge in [-0.2, -0.15) is 0 Å². The lowest BCUT2D eigenvalue weighted by Gasteiger charge is -2.08. The van der Waals surface area contributed by atoms with Crippen molar-refractivity contribution >= 4 is 35.1 Å². The van der Waals surface area contributed by atoms with Crippen molar-refractivity contribution in [2.75, 3.05) is 12.4 Å². The number of carbonyl (C=O) groups excluding carboxylic acids is 2. The van der Waals surface area contributed by atoms with E-state index in [1.165, 1.54) is 19.4 Å². The molecule has 0 atom stereocenters. The number of ether oxygens (including phenoxy) is 1. The maximum absolute atomic E-state index is 12.4. The molecule has 0 saturated carbocycles. The van der Waals surface area contributed by atoms with Crippen LogP contribution >= 0.6 is 11.6 Å². The molecule has 0 radical (unpaired) electrons. The van der Waals surface area contributed by atoms with E-state index >= 15 is 0 Å². The third kappa shape index (κ3) is 4.83. The summed E-state index contributed by atoms with van der Waals surface area (Å²) in [5, 5.41) is 6.36. The molecule has 1 aromatic heterocycles. The summed E-state index contributed by atoms with van der Waals surface area (Å²) >= 11 is 6.09. The number of esters is 1. The summed E-state index contributed by atoms with van der Waals surface area (Å²) in [4.78, 5) is 32.2. The summed E-state index contributed by atoms with van der Waals surface area (Å²) < 4.78 is 4.66. The van der Waals surface area contributed by atoms with Crippen LogP contribution in [0, 0.1) is 0 Å². The normalized spacial score (nSPS) is 10.2. The molecule has 3 rings (SSSR count). The number of methoxy groups -OCH3 is 1. The molecule has 3 aromatic rings. The zero-order valence-electron chi connectivity index (χ0n) is 15.0. The van der Waals surface area contributed by atoms with Gasteiger partial charge in [-0.05, 0) is 42.0 Å². The van der Waals surface area contributed by atoms with Gasteiger partial charge in [-0.25, -0.2) is 14.8 Å². The number of nitrogens with zero attached hydrogens (tertiary/aromatic N) is 2. The van der Waals surface area contributed by atoms with Crippen molar-refractivity contribution in [2.45, 2.75) is 6.54 Å². The van der Waals surface area contributed by atoms with Gasteiger partial charge >= 0.3 is 5.97 Å². The van der Waals surface area contributed by atoms with Crippen LogP contribution in [-0.2, 0) is 11.3 Å². The van der Waals surface area contributed by atoms with Crippen LogP contribution in [0.15, 0.2) is 60.8 Å². The average molecular weight is 397 g/mol. The van der Waals surface area contributed by atoms with Crippen molar-refractivity contribution in [3.63, 3.8) is 0 Å². The van der Waals surface area contributed by atoms with Gasteiger partial charge < -0.3 is 15.4 Å². The van der Waals surface area contributed by atoms with E-state index in [4.69, 9.17) is 11.6 Å². The molecule has 1 heterocycles. The fourth-order valence-electron chi connectivity index (χ4n) is 2.39. The minimum atomic E-state index is -0.417. The summed E-state index contributed by atoms with van der Waals surface area (Å²) in [5.41, 5.74) is 2.13. The third-order valence-corrected chi connectivity index (χ3v) is 4.22. The Morgan fingerprint density at radius 3 is 2.54 bits per heavy atom. The highest BCUT2D eigenvalue weighted by atomic mass is 35.5. The Balaban J connectivity index is 1.65. The zero-order valence-corrected chi connectivity index (χ0v) is 15.7. The summed E-state index contributed by atoms with van der Waals surface area (Å²) in [6, 6.07) is 15.4. The Kier molecular flexibility index (Phi) is 6.18. The van der Waals surface area contributed by atoms with E-state index in [2.05, 4.69) is 25.3 Å². The molecule has 0 saturated heterocycles. The topological polar surface area (TPSA) is 93.2 Å². The minimum Gasteiger partial charge on any atom is -0.465 e. The van der Waals surface area contributed by atoms with Crippen molar-refractivity contribution in [2.24, 2.45) is 0 Å². The van der Waals surface area contributed by atoms with E-state index in [1.54, 1.807) is 30.3 Å². The number of amides is 1. The second-order valence-corrected chi connectivity index (χ2v) is 6.14. The van der Waals surface area contributed by atoms with Crippen molar-refractivity contribution in [3.05, 3.63) is 82.6 Å². The van der Waals surface area contributed by atoms with Gasteiger partial charge in [0.15, 0.2) is 0 Å². The molecule has 0 bridgehead atoms. The van der Waals surface area contributed by atoms with E-state index in [1.807, 2.05) is 18.2 Å². The molecule has 0 aliphatic carbocycles. The van der Waals surface area contributed by atoms with Crippen LogP contribution in [0.1, 0.15) is 26.4 Å². The van der Waals surface area contributed by atoms with Gasteiger partial charge in [-0.15, -0.1) is 0 Å². The molecule has 1 amide bonds. The molecule has 28 heavy (non-hydrogen) atoms. The molecule has 142 valence electrons. The Morgan fingerprint density at radius 2 is 1.82 bits per heavy atom. The largest absolute Gasteiger partial charge is 0.465 e. The number of hydrogen-bond acceptors (Lipinski definition) is 6. The van der Waals surface area contributed by atoms with Crippen molar-refractivity contribution in [1.29, 1.82) is 0 Å².